The lowest BCUT2D eigenvalue weighted by atomic mass is 10.00. The molecule has 1 atom stereocenters. The fourth-order valence-electron chi connectivity index (χ4n) is 2.83. The lowest BCUT2D eigenvalue weighted by molar-refractivity contribution is 0.520. The number of hydrogen-bond acceptors (Lipinski definition) is 2. The van der Waals surface area contributed by atoms with Gasteiger partial charge in [-0.25, -0.2) is 0 Å². The zero-order valence-corrected chi connectivity index (χ0v) is 13.2. The summed E-state index contributed by atoms with van der Waals surface area (Å²) < 4.78 is 0. The van der Waals surface area contributed by atoms with E-state index in [2.05, 4.69) is 19.3 Å². The highest BCUT2D eigenvalue weighted by Crippen LogP contribution is 2.15. The molecule has 1 rings (SSSR count). The molecule has 2 heteroatoms. The van der Waals surface area contributed by atoms with E-state index < -0.39 is 0 Å². The third-order valence-corrected chi connectivity index (χ3v) is 4.10. The molecule has 1 unspecified atom stereocenters. The Morgan fingerprint density at radius 3 is 1.84 bits per heavy atom. The van der Waals surface area contributed by atoms with Gasteiger partial charge in [0, 0.05) is 11.8 Å². The SMILES string of the molecule is CCCC(C)NN=C1CCCCCCCCCCC1. The molecule has 0 aliphatic heterocycles. The Bertz CT molecular complexity index is 221. The molecule has 1 aliphatic carbocycles. The van der Waals surface area contributed by atoms with Crippen molar-refractivity contribution in [2.24, 2.45) is 5.10 Å². The summed E-state index contributed by atoms with van der Waals surface area (Å²) in [6, 6.07) is 0.527. The predicted octanol–water partition coefficient (Wildman–Crippen LogP) is 5.43. The largest absolute Gasteiger partial charge is 0.307 e. The fraction of sp³-hybridized carbons (Fsp3) is 0.941. The first-order chi connectivity index (χ1) is 9.33. The second-order valence-corrected chi connectivity index (χ2v) is 6.18. The number of hydrazone groups is 1. The van der Waals surface area contributed by atoms with Gasteiger partial charge in [-0.2, -0.15) is 5.10 Å². The zero-order chi connectivity index (χ0) is 13.8. The highest BCUT2D eigenvalue weighted by molar-refractivity contribution is 5.84. The van der Waals surface area contributed by atoms with Gasteiger partial charge in [-0.05, 0) is 39.0 Å². The summed E-state index contributed by atoms with van der Waals surface area (Å²) in [5, 5.41) is 4.70. The minimum Gasteiger partial charge on any atom is -0.307 e. The van der Waals surface area contributed by atoms with Gasteiger partial charge in [-0.1, -0.05) is 58.3 Å². The van der Waals surface area contributed by atoms with Crippen molar-refractivity contribution in [1.82, 2.24) is 5.43 Å². The average Bonchev–Trinajstić information content (AvgIpc) is 2.38. The molecular weight excluding hydrogens is 232 g/mol. The Hall–Kier alpha value is -0.530. The van der Waals surface area contributed by atoms with Crippen molar-refractivity contribution < 1.29 is 0 Å². The number of nitrogens with one attached hydrogen (secondary N) is 1. The maximum Gasteiger partial charge on any atom is 0.0411 e. The van der Waals surface area contributed by atoms with E-state index in [9.17, 15) is 0 Å². The normalized spacial score (nSPS) is 21.1. The van der Waals surface area contributed by atoms with Crippen LogP contribution in [-0.2, 0) is 0 Å². The van der Waals surface area contributed by atoms with Crippen molar-refractivity contribution in [2.75, 3.05) is 0 Å². The average molecular weight is 266 g/mol. The smallest absolute Gasteiger partial charge is 0.0411 e. The van der Waals surface area contributed by atoms with Gasteiger partial charge in [0.05, 0.1) is 0 Å². The Kier molecular flexibility index (Phi) is 9.84. The molecule has 0 aromatic heterocycles. The van der Waals surface area contributed by atoms with Gasteiger partial charge in [0.1, 0.15) is 0 Å². The maximum absolute atomic E-state index is 4.70. The van der Waals surface area contributed by atoms with Crippen molar-refractivity contribution in [3.05, 3.63) is 0 Å². The van der Waals surface area contributed by atoms with Gasteiger partial charge in [-0.3, -0.25) is 0 Å². The summed E-state index contributed by atoms with van der Waals surface area (Å²) in [5.41, 5.74) is 4.77. The van der Waals surface area contributed by atoms with Crippen molar-refractivity contribution in [3.8, 4) is 0 Å². The van der Waals surface area contributed by atoms with Crippen LogP contribution in [0.1, 0.15) is 97.3 Å². The summed E-state index contributed by atoms with van der Waals surface area (Å²) in [6.45, 7) is 4.48. The van der Waals surface area contributed by atoms with E-state index in [0.29, 0.717) is 6.04 Å². The van der Waals surface area contributed by atoms with Crippen LogP contribution in [0.4, 0.5) is 0 Å². The summed E-state index contributed by atoms with van der Waals surface area (Å²) in [6.07, 6.45) is 17.5. The van der Waals surface area contributed by atoms with Crippen LogP contribution in [-0.4, -0.2) is 11.8 Å². The molecule has 0 aromatic rings. The number of hydrogen-bond donors (Lipinski definition) is 1. The first-order valence-electron chi connectivity index (χ1n) is 8.64. The zero-order valence-electron chi connectivity index (χ0n) is 13.2. The molecule has 1 N–H and O–H groups in total. The Morgan fingerprint density at radius 2 is 1.37 bits per heavy atom. The summed E-state index contributed by atoms with van der Waals surface area (Å²) in [4.78, 5) is 0. The molecule has 0 bridgehead atoms. The summed E-state index contributed by atoms with van der Waals surface area (Å²) in [7, 11) is 0. The number of rotatable bonds is 4. The van der Waals surface area contributed by atoms with Crippen LogP contribution >= 0.6 is 0 Å². The topological polar surface area (TPSA) is 24.4 Å². The highest BCUT2D eigenvalue weighted by atomic mass is 15.3. The second kappa shape index (κ2) is 11.3. The molecule has 2 nitrogen and oxygen atoms in total. The van der Waals surface area contributed by atoms with Crippen LogP contribution in [0, 0.1) is 0 Å². The molecule has 112 valence electrons. The number of nitrogens with zero attached hydrogens (tertiary/aromatic N) is 1. The molecule has 0 spiro atoms. The molecule has 1 saturated carbocycles. The summed E-state index contributed by atoms with van der Waals surface area (Å²) in [5.74, 6) is 0. The molecule has 1 fully saturated rings. The molecular formula is C17H34N2. The fourth-order valence-corrected chi connectivity index (χ4v) is 2.83. The standard InChI is InChI=1S/C17H34N2/c1-3-13-16(2)18-19-17-14-11-9-7-5-4-6-8-10-12-15-17/h16,18H,3-15H2,1-2H3. The second-order valence-electron chi connectivity index (χ2n) is 6.18. The van der Waals surface area contributed by atoms with Crippen LogP contribution in [0.25, 0.3) is 0 Å². The van der Waals surface area contributed by atoms with E-state index in [1.54, 1.807) is 0 Å². The van der Waals surface area contributed by atoms with Gasteiger partial charge < -0.3 is 5.43 Å². The monoisotopic (exact) mass is 266 g/mol. The van der Waals surface area contributed by atoms with E-state index in [-0.39, 0.29) is 0 Å². The molecule has 1 aliphatic rings. The molecule has 19 heavy (non-hydrogen) atoms. The third kappa shape index (κ3) is 9.07. The van der Waals surface area contributed by atoms with Crippen LogP contribution in [0.15, 0.2) is 5.10 Å². The molecule has 0 aromatic carbocycles. The molecule has 0 heterocycles. The quantitative estimate of drug-likeness (QED) is 0.674. The van der Waals surface area contributed by atoms with E-state index in [1.165, 1.54) is 89.2 Å². The van der Waals surface area contributed by atoms with Crippen LogP contribution in [0.3, 0.4) is 0 Å². The minimum atomic E-state index is 0.527. The molecule has 0 amide bonds. The van der Waals surface area contributed by atoms with E-state index in [1.807, 2.05) is 0 Å². The molecule has 0 radical (unpaired) electrons. The van der Waals surface area contributed by atoms with Crippen molar-refractivity contribution >= 4 is 5.71 Å². The van der Waals surface area contributed by atoms with Gasteiger partial charge in [0.25, 0.3) is 0 Å². The first kappa shape index (κ1) is 16.5. The van der Waals surface area contributed by atoms with Crippen molar-refractivity contribution in [1.29, 1.82) is 0 Å². The highest BCUT2D eigenvalue weighted by Gasteiger charge is 2.04. The van der Waals surface area contributed by atoms with Gasteiger partial charge in [-0.15, -0.1) is 0 Å². The van der Waals surface area contributed by atoms with Crippen molar-refractivity contribution in [2.45, 2.75) is 103 Å². The first-order valence-corrected chi connectivity index (χ1v) is 8.64. The van der Waals surface area contributed by atoms with Crippen LogP contribution < -0.4 is 5.43 Å². The summed E-state index contributed by atoms with van der Waals surface area (Å²) >= 11 is 0. The minimum absolute atomic E-state index is 0.527. The maximum atomic E-state index is 4.70. The van der Waals surface area contributed by atoms with Crippen LogP contribution in [0.5, 0.6) is 0 Å². The lowest BCUT2D eigenvalue weighted by Gasteiger charge is -2.13. The van der Waals surface area contributed by atoms with Crippen LogP contribution in [0.2, 0.25) is 0 Å². The Balaban J connectivity index is 2.35. The Labute approximate surface area is 120 Å². The van der Waals surface area contributed by atoms with Gasteiger partial charge >= 0.3 is 0 Å². The third-order valence-electron chi connectivity index (χ3n) is 4.10. The molecule has 0 saturated heterocycles. The van der Waals surface area contributed by atoms with E-state index in [0.717, 1.165) is 0 Å². The van der Waals surface area contributed by atoms with E-state index in [4.69, 9.17) is 5.10 Å². The van der Waals surface area contributed by atoms with E-state index >= 15 is 0 Å². The van der Waals surface area contributed by atoms with Crippen molar-refractivity contribution in [3.63, 3.8) is 0 Å². The predicted molar refractivity (Wildman–Crippen MR) is 85.7 cm³/mol. The Morgan fingerprint density at radius 1 is 0.895 bits per heavy atom. The lowest BCUT2D eigenvalue weighted by Crippen LogP contribution is -2.22. The van der Waals surface area contributed by atoms with Gasteiger partial charge in [0.2, 0.25) is 0 Å². The van der Waals surface area contributed by atoms with Gasteiger partial charge in [0.15, 0.2) is 0 Å².